The van der Waals surface area contributed by atoms with E-state index in [4.69, 9.17) is 16.7 Å². The fraction of sp³-hybridized carbons (Fsp3) is 0.308. The van der Waals surface area contributed by atoms with Crippen LogP contribution in [0, 0.1) is 0 Å². The van der Waals surface area contributed by atoms with E-state index in [1.54, 1.807) is 13.0 Å². The summed E-state index contributed by atoms with van der Waals surface area (Å²) in [4.78, 5) is 33.5. The molecule has 0 aliphatic heterocycles. The van der Waals surface area contributed by atoms with Crippen molar-refractivity contribution in [2.45, 2.75) is 26.3 Å². The lowest BCUT2D eigenvalue weighted by atomic mass is 10.1. The molecule has 0 radical (unpaired) electrons. The van der Waals surface area contributed by atoms with Gasteiger partial charge in [0, 0.05) is 18.7 Å². The average molecular weight is 299 g/mol. The molecule has 1 aromatic rings. The third-order valence-electron chi connectivity index (χ3n) is 2.39. The maximum atomic E-state index is 12.0. The highest BCUT2D eigenvalue weighted by molar-refractivity contribution is 6.34. The number of rotatable bonds is 5. The van der Waals surface area contributed by atoms with E-state index in [0.29, 0.717) is 5.69 Å². The van der Waals surface area contributed by atoms with E-state index in [2.05, 4.69) is 10.6 Å². The monoisotopic (exact) mass is 298 g/mol. The lowest BCUT2D eigenvalue weighted by molar-refractivity contribution is -0.137. The highest BCUT2D eigenvalue weighted by Gasteiger charge is 2.15. The Hall–Kier alpha value is -2.08. The minimum atomic E-state index is -1.00. The number of anilines is 1. The van der Waals surface area contributed by atoms with Gasteiger partial charge >= 0.3 is 5.97 Å². The number of carbonyl (C=O) groups is 3. The highest BCUT2D eigenvalue weighted by atomic mass is 35.5. The van der Waals surface area contributed by atoms with Crippen molar-refractivity contribution in [1.29, 1.82) is 0 Å². The van der Waals surface area contributed by atoms with Gasteiger partial charge in [-0.05, 0) is 25.1 Å². The number of benzene rings is 1. The molecular weight excluding hydrogens is 284 g/mol. The largest absolute Gasteiger partial charge is 0.481 e. The number of nitrogens with one attached hydrogen (secondary N) is 2. The highest BCUT2D eigenvalue weighted by Crippen LogP contribution is 2.20. The summed E-state index contributed by atoms with van der Waals surface area (Å²) in [5.41, 5.74) is 0.619. The molecule has 3 N–H and O–H groups in total. The predicted molar refractivity (Wildman–Crippen MR) is 74.9 cm³/mol. The zero-order valence-electron chi connectivity index (χ0n) is 11.1. The zero-order valence-corrected chi connectivity index (χ0v) is 11.8. The van der Waals surface area contributed by atoms with Crippen LogP contribution in [-0.4, -0.2) is 28.9 Å². The molecule has 0 bridgehead atoms. The van der Waals surface area contributed by atoms with E-state index in [9.17, 15) is 14.4 Å². The smallest absolute Gasteiger partial charge is 0.305 e. The summed E-state index contributed by atoms with van der Waals surface area (Å²) in [7, 11) is 0. The summed E-state index contributed by atoms with van der Waals surface area (Å²) in [5.74, 6) is -1.76. The van der Waals surface area contributed by atoms with Crippen LogP contribution in [0.3, 0.4) is 0 Å². The number of amides is 2. The molecule has 0 aliphatic carbocycles. The van der Waals surface area contributed by atoms with Crippen LogP contribution < -0.4 is 10.6 Å². The molecule has 0 spiro atoms. The molecular formula is C13H15ClN2O4. The quantitative estimate of drug-likeness (QED) is 0.773. The van der Waals surface area contributed by atoms with Crippen LogP contribution in [0.4, 0.5) is 5.69 Å². The van der Waals surface area contributed by atoms with Gasteiger partial charge in [0.1, 0.15) is 0 Å². The molecule has 7 heteroatoms. The molecule has 0 aromatic heterocycles. The predicted octanol–water partition coefficient (Wildman–Crippen LogP) is 1.89. The van der Waals surface area contributed by atoms with Gasteiger partial charge in [-0.15, -0.1) is 0 Å². The maximum absolute atomic E-state index is 12.0. The Balaban J connectivity index is 2.86. The Morgan fingerprint density at radius 2 is 2.00 bits per heavy atom. The summed E-state index contributed by atoms with van der Waals surface area (Å²) in [5, 5.41) is 13.9. The van der Waals surface area contributed by atoms with Crippen molar-refractivity contribution < 1.29 is 19.5 Å². The van der Waals surface area contributed by atoms with Crippen LogP contribution >= 0.6 is 11.6 Å². The van der Waals surface area contributed by atoms with E-state index in [1.165, 1.54) is 19.1 Å². The molecule has 6 nitrogen and oxygen atoms in total. The van der Waals surface area contributed by atoms with Crippen molar-refractivity contribution in [2.24, 2.45) is 0 Å². The SMILES string of the molecule is CC(=O)Nc1ccc(Cl)c(C(=O)NC(C)CC(=O)O)c1. The fourth-order valence-corrected chi connectivity index (χ4v) is 1.80. The molecule has 1 atom stereocenters. The lowest BCUT2D eigenvalue weighted by Gasteiger charge is -2.13. The first kappa shape index (κ1) is 16.0. The number of hydrogen-bond acceptors (Lipinski definition) is 3. The van der Waals surface area contributed by atoms with Crippen molar-refractivity contribution >= 4 is 35.1 Å². The van der Waals surface area contributed by atoms with Crippen molar-refractivity contribution in [1.82, 2.24) is 5.32 Å². The molecule has 0 heterocycles. The van der Waals surface area contributed by atoms with E-state index >= 15 is 0 Å². The molecule has 2 amide bonds. The molecule has 20 heavy (non-hydrogen) atoms. The van der Waals surface area contributed by atoms with Crippen LogP contribution in [0.5, 0.6) is 0 Å². The standard InChI is InChI=1S/C13H15ClN2O4/c1-7(5-12(18)19)15-13(20)10-6-9(16-8(2)17)3-4-11(10)14/h3-4,6-7H,5H2,1-2H3,(H,15,20)(H,16,17)(H,18,19). The Morgan fingerprint density at radius 3 is 2.55 bits per heavy atom. The molecule has 0 fully saturated rings. The van der Waals surface area contributed by atoms with Gasteiger partial charge in [0.05, 0.1) is 17.0 Å². The van der Waals surface area contributed by atoms with Crippen LogP contribution in [0.1, 0.15) is 30.6 Å². The summed E-state index contributed by atoms with van der Waals surface area (Å²) in [6.45, 7) is 2.93. The number of aliphatic carboxylic acids is 1. The normalized spacial score (nSPS) is 11.6. The number of carbonyl (C=O) groups excluding carboxylic acids is 2. The van der Waals surface area contributed by atoms with Gasteiger partial charge < -0.3 is 15.7 Å². The number of carboxylic acid groups (broad SMARTS) is 1. The summed E-state index contributed by atoms with van der Waals surface area (Å²) in [6, 6.07) is 3.97. The minimum absolute atomic E-state index is 0.176. The maximum Gasteiger partial charge on any atom is 0.305 e. The summed E-state index contributed by atoms with van der Waals surface area (Å²) in [6.07, 6.45) is -0.186. The third kappa shape index (κ3) is 4.89. The topological polar surface area (TPSA) is 95.5 Å². The van der Waals surface area contributed by atoms with Gasteiger partial charge in [-0.25, -0.2) is 0 Å². The Kier molecular flexibility index (Phi) is 5.52. The Labute approximate surface area is 121 Å². The Bertz CT molecular complexity index is 545. The minimum Gasteiger partial charge on any atom is -0.481 e. The van der Waals surface area contributed by atoms with Crippen molar-refractivity contribution in [3.05, 3.63) is 28.8 Å². The van der Waals surface area contributed by atoms with Gasteiger partial charge in [-0.3, -0.25) is 14.4 Å². The molecule has 1 unspecified atom stereocenters. The van der Waals surface area contributed by atoms with E-state index in [0.717, 1.165) is 0 Å². The summed E-state index contributed by atoms with van der Waals surface area (Å²) < 4.78 is 0. The van der Waals surface area contributed by atoms with E-state index < -0.39 is 17.9 Å². The summed E-state index contributed by atoms with van der Waals surface area (Å²) >= 11 is 5.93. The number of hydrogen-bond donors (Lipinski definition) is 3. The van der Waals surface area contributed by atoms with Gasteiger partial charge in [0.25, 0.3) is 5.91 Å². The first-order valence-electron chi connectivity index (χ1n) is 5.89. The first-order chi connectivity index (χ1) is 9.29. The van der Waals surface area contributed by atoms with Gasteiger partial charge in [0.15, 0.2) is 0 Å². The van der Waals surface area contributed by atoms with E-state index in [-0.39, 0.29) is 22.9 Å². The molecule has 0 aliphatic rings. The van der Waals surface area contributed by atoms with E-state index in [1.807, 2.05) is 0 Å². The first-order valence-corrected chi connectivity index (χ1v) is 6.27. The average Bonchev–Trinajstić information content (AvgIpc) is 2.29. The molecule has 0 saturated carbocycles. The third-order valence-corrected chi connectivity index (χ3v) is 2.72. The molecule has 1 rings (SSSR count). The molecule has 1 aromatic carbocycles. The van der Waals surface area contributed by atoms with Crippen LogP contribution in [0.15, 0.2) is 18.2 Å². The van der Waals surface area contributed by atoms with Gasteiger partial charge in [-0.2, -0.15) is 0 Å². The molecule has 0 saturated heterocycles. The van der Waals surface area contributed by atoms with Crippen LogP contribution in [-0.2, 0) is 9.59 Å². The van der Waals surface area contributed by atoms with Crippen LogP contribution in [0.2, 0.25) is 5.02 Å². The fourth-order valence-electron chi connectivity index (χ4n) is 1.59. The number of carboxylic acids is 1. The van der Waals surface area contributed by atoms with Gasteiger partial charge in [0.2, 0.25) is 5.91 Å². The van der Waals surface area contributed by atoms with Crippen molar-refractivity contribution in [3.63, 3.8) is 0 Å². The Morgan fingerprint density at radius 1 is 1.35 bits per heavy atom. The second-order valence-corrected chi connectivity index (χ2v) is 4.76. The van der Waals surface area contributed by atoms with Crippen molar-refractivity contribution in [3.8, 4) is 0 Å². The second kappa shape index (κ2) is 6.91. The van der Waals surface area contributed by atoms with Crippen molar-refractivity contribution in [2.75, 3.05) is 5.32 Å². The zero-order chi connectivity index (χ0) is 15.3. The second-order valence-electron chi connectivity index (χ2n) is 4.35. The molecule has 108 valence electrons. The van der Waals surface area contributed by atoms with Crippen LogP contribution in [0.25, 0.3) is 0 Å². The lowest BCUT2D eigenvalue weighted by Crippen LogP contribution is -2.34. The van der Waals surface area contributed by atoms with Gasteiger partial charge in [-0.1, -0.05) is 11.6 Å². The number of halogens is 1.